The molecule has 6 N–H and O–H groups in total. The Kier molecular flexibility index (Phi) is 19.7. The summed E-state index contributed by atoms with van der Waals surface area (Å²) in [5, 5.41) is 65.1. The van der Waals surface area contributed by atoms with Crippen LogP contribution >= 0.6 is 0 Å². The van der Waals surface area contributed by atoms with Crippen LogP contribution < -0.4 is 9.80 Å². The van der Waals surface area contributed by atoms with Gasteiger partial charge in [-0.15, -0.1) is 0 Å². The molecule has 2 saturated heterocycles. The van der Waals surface area contributed by atoms with Gasteiger partial charge < -0.3 is 59.4 Å². The molecule has 0 bridgehead atoms. The minimum atomic E-state index is -1.68. The largest absolute Gasteiger partial charge is 0.388 e. The number of aliphatic hydroxyl groups excluding tert-OH is 6. The molecule has 14 nitrogen and oxygen atoms in total. The smallest absolute Gasteiger partial charge is 0.236 e. The van der Waals surface area contributed by atoms with E-state index in [-0.39, 0.29) is 26.3 Å². The highest BCUT2D eigenvalue weighted by Gasteiger charge is 2.48. The molecule has 10 atom stereocenters. The molecule has 3 aliphatic heterocycles. The molecule has 2 fully saturated rings. The van der Waals surface area contributed by atoms with Crippen molar-refractivity contribution in [1.29, 1.82) is 0 Å². The second-order valence-corrected chi connectivity index (χ2v) is 15.4. The molecule has 0 spiro atoms. The fraction of sp³-hybridized carbons (Fsp3) is 0.805. The minimum Gasteiger partial charge on any atom is -0.388 e. The normalized spacial score (nSPS) is 30.1. The molecule has 1 aromatic carbocycles. The topological polar surface area (TPSA) is 199 Å². The Morgan fingerprint density at radius 3 is 1.25 bits per heavy atom. The zero-order chi connectivity index (χ0) is 39.7. The Bertz CT molecular complexity index is 1180. The van der Waals surface area contributed by atoms with Gasteiger partial charge in [-0.2, -0.15) is 0 Å². The Morgan fingerprint density at radius 2 is 0.891 bits per heavy atom. The number of nitrogens with zero attached hydrogens (tertiary/aromatic N) is 2. The molecule has 4 rings (SSSR count). The van der Waals surface area contributed by atoms with E-state index in [1.54, 1.807) is 24.3 Å². The van der Waals surface area contributed by atoms with Crippen molar-refractivity contribution in [2.45, 2.75) is 184 Å². The van der Waals surface area contributed by atoms with E-state index >= 15 is 0 Å². The van der Waals surface area contributed by atoms with Gasteiger partial charge in [0.2, 0.25) is 11.8 Å². The molecule has 14 heteroatoms. The third kappa shape index (κ3) is 13.1. The monoisotopic (exact) mass is 780 g/mol. The summed E-state index contributed by atoms with van der Waals surface area (Å²) in [5.41, 5.74) is 0.610. The van der Waals surface area contributed by atoms with Crippen LogP contribution in [-0.4, -0.2) is 130 Å². The van der Waals surface area contributed by atoms with Crippen LogP contribution in [0.4, 0.5) is 11.4 Å². The van der Waals surface area contributed by atoms with Gasteiger partial charge in [0.25, 0.3) is 0 Å². The molecule has 3 aliphatic rings. The molecule has 0 aliphatic carbocycles. The van der Waals surface area contributed by atoms with Gasteiger partial charge >= 0.3 is 0 Å². The summed E-state index contributed by atoms with van der Waals surface area (Å²) >= 11 is 0. The zero-order valence-corrected chi connectivity index (χ0v) is 33.0. The minimum absolute atomic E-state index is 0.262. The lowest BCUT2D eigenvalue weighted by Crippen LogP contribution is -2.61. The summed E-state index contributed by atoms with van der Waals surface area (Å²) in [4.78, 5) is 30.0. The molecule has 0 aromatic heterocycles. The van der Waals surface area contributed by atoms with Crippen LogP contribution in [-0.2, 0) is 28.5 Å². The molecule has 0 saturated carbocycles. The number of amides is 2. The van der Waals surface area contributed by atoms with Crippen molar-refractivity contribution >= 4 is 23.2 Å². The van der Waals surface area contributed by atoms with Crippen LogP contribution in [0.2, 0.25) is 0 Å². The molecule has 2 unspecified atom stereocenters. The van der Waals surface area contributed by atoms with Gasteiger partial charge in [0, 0.05) is 13.2 Å². The number of anilines is 2. The predicted octanol–water partition coefficient (Wildman–Crippen LogP) is 3.69. The first-order valence-electron chi connectivity index (χ1n) is 20.9. The zero-order valence-electron chi connectivity index (χ0n) is 33.0. The van der Waals surface area contributed by atoms with Crippen LogP contribution in [0.1, 0.15) is 123 Å². The quantitative estimate of drug-likeness (QED) is 0.0659. The van der Waals surface area contributed by atoms with Gasteiger partial charge in [-0.25, -0.2) is 0 Å². The number of rotatable bonds is 24. The van der Waals surface area contributed by atoms with Gasteiger partial charge in [0.1, 0.15) is 55.3 Å². The second-order valence-electron chi connectivity index (χ2n) is 15.4. The van der Waals surface area contributed by atoms with Crippen molar-refractivity contribution in [3.63, 3.8) is 0 Å². The Labute approximate surface area is 326 Å². The SMILES string of the molecule is CCCCCCCCCCO[C@H]1[C@H](O)[C@@H](CN2C(=O)CC(=O)N(C[C@H]3OC(O)[C@H](O)[C@@H](OCCCCCCCCCC)[C@@H]3O)c3ccccc32)OC(O)[C@@H]1O. The van der Waals surface area contributed by atoms with Crippen molar-refractivity contribution in [3.8, 4) is 0 Å². The van der Waals surface area contributed by atoms with Crippen LogP contribution in [0.25, 0.3) is 0 Å². The fourth-order valence-corrected chi connectivity index (χ4v) is 7.71. The summed E-state index contributed by atoms with van der Waals surface area (Å²) in [7, 11) is 0. The molecular weight excluding hydrogens is 712 g/mol. The standard InChI is InChI=1S/C41H68N2O12/c1-3-5-7-9-11-13-15-19-23-52-38-34(46)30(54-40(50)36(38)48)26-42-28-21-17-18-22-29(28)43(33(45)25-32(42)44)27-31-35(47)39(37(49)41(51)55-31)53-24-20-16-14-12-10-8-6-4-2/h17-18,21-22,30-31,34-41,46-51H,3-16,19-20,23-27H2,1-2H3/t30-,31-,34-,35-,36-,37-,38+,39+,40?,41?/m1/s1. The highest BCUT2D eigenvalue weighted by Crippen LogP contribution is 2.36. The number of carbonyl (C=O) groups is 2. The lowest BCUT2D eigenvalue weighted by molar-refractivity contribution is -0.287. The number of para-hydroxylation sites is 2. The van der Waals surface area contributed by atoms with Crippen LogP contribution in [0, 0.1) is 0 Å². The van der Waals surface area contributed by atoms with Gasteiger partial charge in [-0.3, -0.25) is 9.59 Å². The Morgan fingerprint density at radius 1 is 0.545 bits per heavy atom. The maximum atomic E-state index is 13.7. The number of unbranched alkanes of at least 4 members (excludes halogenated alkanes) is 14. The number of carbonyl (C=O) groups excluding carboxylic acids is 2. The average molecular weight is 781 g/mol. The van der Waals surface area contributed by atoms with Crippen LogP contribution in [0.3, 0.4) is 0 Å². The number of fused-ring (bicyclic) bond motifs is 1. The fourth-order valence-electron chi connectivity index (χ4n) is 7.71. The van der Waals surface area contributed by atoms with Crippen LogP contribution in [0.5, 0.6) is 0 Å². The van der Waals surface area contributed by atoms with Gasteiger partial charge in [0.15, 0.2) is 12.6 Å². The third-order valence-electron chi connectivity index (χ3n) is 11.0. The maximum absolute atomic E-state index is 13.7. The second kappa shape index (κ2) is 23.9. The number of hydrogen-bond donors (Lipinski definition) is 6. The van der Waals surface area contributed by atoms with E-state index in [2.05, 4.69) is 13.8 Å². The van der Waals surface area contributed by atoms with Crippen molar-refractivity contribution in [1.82, 2.24) is 0 Å². The Hall–Kier alpha value is -2.24. The summed E-state index contributed by atoms with van der Waals surface area (Å²) in [6.07, 6.45) is 3.04. The van der Waals surface area contributed by atoms with E-state index in [0.29, 0.717) is 11.4 Å². The number of hydrogen-bond acceptors (Lipinski definition) is 12. The van der Waals surface area contributed by atoms with Crippen molar-refractivity contribution in [2.75, 3.05) is 36.1 Å². The summed E-state index contributed by atoms with van der Waals surface area (Å²) in [6, 6.07) is 6.62. The average Bonchev–Trinajstić information content (AvgIpc) is 3.26. The lowest BCUT2D eigenvalue weighted by atomic mass is 9.97. The van der Waals surface area contributed by atoms with Gasteiger partial charge in [-0.1, -0.05) is 116 Å². The first-order valence-corrected chi connectivity index (χ1v) is 20.9. The number of benzene rings is 1. The Balaban J connectivity index is 1.38. The highest BCUT2D eigenvalue weighted by atomic mass is 16.7. The van der Waals surface area contributed by atoms with E-state index in [4.69, 9.17) is 18.9 Å². The van der Waals surface area contributed by atoms with E-state index in [1.807, 2.05) is 0 Å². The number of aliphatic hydroxyl groups is 6. The molecule has 1 aromatic rings. The van der Waals surface area contributed by atoms with E-state index in [0.717, 1.165) is 51.4 Å². The molecule has 2 amide bonds. The maximum Gasteiger partial charge on any atom is 0.236 e. The summed E-state index contributed by atoms with van der Waals surface area (Å²) < 4.78 is 23.0. The first kappa shape index (κ1) is 45.5. The summed E-state index contributed by atoms with van der Waals surface area (Å²) in [6.45, 7) is 4.39. The van der Waals surface area contributed by atoms with E-state index in [1.165, 1.54) is 61.2 Å². The molecule has 3 heterocycles. The molecule has 0 radical (unpaired) electrons. The molecular formula is C41H68N2O12. The number of ether oxygens (including phenoxy) is 4. The van der Waals surface area contributed by atoms with Gasteiger partial charge in [-0.05, 0) is 25.0 Å². The van der Waals surface area contributed by atoms with E-state index < -0.39 is 79.6 Å². The lowest BCUT2D eigenvalue weighted by Gasteiger charge is -2.42. The molecule has 314 valence electrons. The van der Waals surface area contributed by atoms with Crippen molar-refractivity contribution < 1.29 is 59.2 Å². The van der Waals surface area contributed by atoms with Crippen molar-refractivity contribution in [3.05, 3.63) is 24.3 Å². The summed E-state index contributed by atoms with van der Waals surface area (Å²) in [5.74, 6) is -1.19. The molecule has 55 heavy (non-hydrogen) atoms. The van der Waals surface area contributed by atoms with E-state index in [9.17, 15) is 40.2 Å². The van der Waals surface area contributed by atoms with Gasteiger partial charge in [0.05, 0.1) is 24.5 Å². The first-order chi connectivity index (χ1) is 26.6. The third-order valence-corrected chi connectivity index (χ3v) is 11.0. The highest BCUT2D eigenvalue weighted by molar-refractivity contribution is 6.15. The predicted molar refractivity (Wildman–Crippen MR) is 206 cm³/mol. The van der Waals surface area contributed by atoms with Crippen LogP contribution in [0.15, 0.2) is 24.3 Å². The van der Waals surface area contributed by atoms with Crippen molar-refractivity contribution in [2.24, 2.45) is 0 Å².